The average molecular weight is 360 g/mol. The molecule has 0 N–H and O–H groups in total. The smallest absolute Gasteiger partial charge is 0.264 e. The minimum absolute atomic E-state index is 0.0428. The summed E-state index contributed by atoms with van der Waals surface area (Å²) < 4.78 is 0. The summed E-state index contributed by atoms with van der Waals surface area (Å²) >= 11 is 1.72. The molecule has 4 nitrogen and oxygen atoms in total. The van der Waals surface area contributed by atoms with E-state index in [2.05, 4.69) is 30.9 Å². The van der Waals surface area contributed by atoms with Gasteiger partial charge in [0.05, 0.1) is 10.9 Å². The van der Waals surface area contributed by atoms with Crippen LogP contribution in [-0.2, 0) is 12.8 Å². The van der Waals surface area contributed by atoms with Gasteiger partial charge in [0.15, 0.2) is 0 Å². The molecule has 1 atom stereocenters. The lowest BCUT2D eigenvalue weighted by molar-refractivity contribution is 0.0581. The number of hydrogen-bond acceptors (Lipinski definition) is 4. The highest BCUT2D eigenvalue weighted by Crippen LogP contribution is 2.29. The van der Waals surface area contributed by atoms with Crippen LogP contribution < -0.4 is 0 Å². The van der Waals surface area contributed by atoms with Crippen LogP contribution in [0.15, 0.2) is 6.07 Å². The van der Waals surface area contributed by atoms with E-state index < -0.39 is 0 Å². The number of carbonyl (C=O) groups is 1. The van der Waals surface area contributed by atoms with E-state index in [0.29, 0.717) is 5.92 Å². The lowest BCUT2D eigenvalue weighted by Crippen LogP contribution is -2.52. The standard InChI is InChI=1S/C20H29N3OS/c1-15(2)17(14-21)22-9-11-23(12-10-22)20(24)19-13-16-7-5-3-4-6-8-18(16)25-19/h13,15,17H,3-12H2,1-2H3. The molecular formula is C20H29N3OS. The number of rotatable bonds is 3. The molecule has 136 valence electrons. The average Bonchev–Trinajstić information content (AvgIpc) is 2.97. The number of thiophene rings is 1. The van der Waals surface area contributed by atoms with Gasteiger partial charge < -0.3 is 4.90 Å². The van der Waals surface area contributed by atoms with Gasteiger partial charge in [-0.1, -0.05) is 26.7 Å². The van der Waals surface area contributed by atoms with Crippen molar-refractivity contribution in [3.63, 3.8) is 0 Å². The quantitative estimate of drug-likeness (QED) is 0.826. The van der Waals surface area contributed by atoms with Gasteiger partial charge in [0, 0.05) is 31.1 Å². The fraction of sp³-hybridized carbons (Fsp3) is 0.700. The maximum atomic E-state index is 12.9. The van der Waals surface area contributed by atoms with E-state index in [1.165, 1.54) is 36.1 Å². The molecule has 1 aromatic rings. The van der Waals surface area contributed by atoms with Crippen molar-refractivity contribution in [1.29, 1.82) is 5.26 Å². The van der Waals surface area contributed by atoms with Crippen molar-refractivity contribution < 1.29 is 4.79 Å². The van der Waals surface area contributed by atoms with Crippen molar-refractivity contribution >= 4 is 17.2 Å². The van der Waals surface area contributed by atoms with E-state index in [9.17, 15) is 10.1 Å². The molecule has 0 aromatic carbocycles. The Labute approximate surface area is 155 Å². The third kappa shape index (κ3) is 4.24. The number of aryl methyl sites for hydroxylation is 2. The zero-order valence-electron chi connectivity index (χ0n) is 15.5. The molecule has 2 aliphatic rings. The Hall–Kier alpha value is -1.38. The third-order valence-corrected chi connectivity index (χ3v) is 6.69. The minimum Gasteiger partial charge on any atom is -0.335 e. The van der Waals surface area contributed by atoms with Crippen LogP contribution >= 0.6 is 11.3 Å². The lowest BCUT2D eigenvalue weighted by atomic mass is 9.99. The first-order valence-corrected chi connectivity index (χ1v) is 10.5. The maximum absolute atomic E-state index is 12.9. The van der Waals surface area contributed by atoms with E-state index in [0.717, 1.165) is 43.9 Å². The van der Waals surface area contributed by atoms with Crippen molar-refractivity contribution in [1.82, 2.24) is 9.80 Å². The van der Waals surface area contributed by atoms with E-state index >= 15 is 0 Å². The molecule has 2 heterocycles. The zero-order chi connectivity index (χ0) is 17.8. The lowest BCUT2D eigenvalue weighted by Gasteiger charge is -2.38. The van der Waals surface area contributed by atoms with Crippen LogP contribution in [0.25, 0.3) is 0 Å². The Balaban J connectivity index is 1.63. The second-order valence-corrected chi connectivity index (χ2v) is 8.76. The summed E-state index contributed by atoms with van der Waals surface area (Å²) in [6.07, 6.45) is 7.41. The van der Waals surface area contributed by atoms with Crippen LogP contribution in [0.4, 0.5) is 0 Å². The van der Waals surface area contributed by atoms with Gasteiger partial charge in [-0.15, -0.1) is 11.3 Å². The van der Waals surface area contributed by atoms with Gasteiger partial charge in [0.1, 0.15) is 6.04 Å². The number of carbonyl (C=O) groups excluding carboxylic acids is 1. The number of fused-ring (bicyclic) bond motifs is 1. The molecule has 1 saturated heterocycles. The predicted octanol–water partition coefficient (Wildman–Crippen LogP) is 3.71. The van der Waals surface area contributed by atoms with E-state index in [4.69, 9.17) is 0 Å². The number of amides is 1. The maximum Gasteiger partial charge on any atom is 0.264 e. The molecule has 1 aliphatic heterocycles. The van der Waals surface area contributed by atoms with Crippen molar-refractivity contribution in [2.24, 2.45) is 5.92 Å². The third-order valence-electron chi connectivity index (χ3n) is 5.47. The van der Waals surface area contributed by atoms with Gasteiger partial charge >= 0.3 is 0 Å². The first-order valence-electron chi connectivity index (χ1n) is 9.64. The Morgan fingerprint density at radius 2 is 1.80 bits per heavy atom. The van der Waals surface area contributed by atoms with Crippen molar-refractivity contribution in [3.8, 4) is 6.07 Å². The molecule has 0 radical (unpaired) electrons. The molecule has 1 fully saturated rings. The second kappa shape index (κ2) is 8.33. The van der Waals surface area contributed by atoms with Crippen LogP contribution in [0.5, 0.6) is 0 Å². The molecule has 0 saturated carbocycles. The number of hydrogen-bond donors (Lipinski definition) is 0. The fourth-order valence-corrected chi connectivity index (χ4v) is 5.18. The summed E-state index contributed by atoms with van der Waals surface area (Å²) in [6, 6.07) is 4.53. The zero-order valence-corrected chi connectivity index (χ0v) is 16.3. The van der Waals surface area contributed by atoms with Gasteiger partial charge in [-0.3, -0.25) is 9.69 Å². The summed E-state index contributed by atoms with van der Waals surface area (Å²) in [5.41, 5.74) is 1.41. The van der Waals surface area contributed by atoms with Gasteiger partial charge in [-0.2, -0.15) is 5.26 Å². The molecular weight excluding hydrogens is 330 g/mol. The number of nitriles is 1. The van der Waals surface area contributed by atoms with E-state index in [-0.39, 0.29) is 11.9 Å². The summed E-state index contributed by atoms with van der Waals surface area (Å²) in [5, 5.41) is 9.37. The van der Waals surface area contributed by atoms with Crippen molar-refractivity contribution in [2.45, 2.75) is 58.4 Å². The minimum atomic E-state index is -0.0428. The SMILES string of the molecule is CC(C)C(C#N)N1CCN(C(=O)c2cc3c(s2)CCCCCC3)CC1. The molecule has 1 aliphatic carbocycles. The first-order chi connectivity index (χ1) is 12.1. The summed E-state index contributed by atoms with van der Waals surface area (Å²) in [7, 11) is 0. The fourth-order valence-electron chi connectivity index (χ4n) is 3.96. The molecule has 3 rings (SSSR count). The summed E-state index contributed by atoms with van der Waals surface area (Å²) in [5.74, 6) is 0.513. The normalized spacial score (nSPS) is 20.5. The first kappa shape index (κ1) is 18.4. The van der Waals surface area contributed by atoms with Gasteiger partial charge in [0.2, 0.25) is 0 Å². The monoisotopic (exact) mass is 359 g/mol. The molecule has 0 spiro atoms. The molecule has 5 heteroatoms. The Kier molecular flexibility index (Phi) is 6.14. The van der Waals surface area contributed by atoms with Crippen LogP contribution in [0.2, 0.25) is 0 Å². The van der Waals surface area contributed by atoms with Gasteiger partial charge in [-0.25, -0.2) is 0 Å². The number of piperazine rings is 1. The topological polar surface area (TPSA) is 47.3 Å². The molecule has 25 heavy (non-hydrogen) atoms. The Morgan fingerprint density at radius 1 is 1.12 bits per heavy atom. The van der Waals surface area contributed by atoms with Crippen LogP contribution in [0, 0.1) is 17.2 Å². The molecule has 0 bridgehead atoms. The van der Waals surface area contributed by atoms with Gasteiger partial charge in [-0.05, 0) is 43.2 Å². The largest absolute Gasteiger partial charge is 0.335 e. The molecule has 1 aromatic heterocycles. The summed E-state index contributed by atoms with van der Waals surface area (Å²) in [6.45, 7) is 7.23. The van der Waals surface area contributed by atoms with E-state index in [1.54, 1.807) is 11.3 Å². The van der Waals surface area contributed by atoms with Gasteiger partial charge in [0.25, 0.3) is 5.91 Å². The van der Waals surface area contributed by atoms with E-state index in [1.807, 2.05) is 4.90 Å². The van der Waals surface area contributed by atoms with Crippen LogP contribution in [0.1, 0.15) is 59.6 Å². The van der Waals surface area contributed by atoms with Crippen LogP contribution in [-0.4, -0.2) is 47.9 Å². The van der Waals surface area contributed by atoms with Crippen molar-refractivity contribution in [2.75, 3.05) is 26.2 Å². The highest BCUT2D eigenvalue weighted by Gasteiger charge is 2.29. The van der Waals surface area contributed by atoms with Crippen molar-refractivity contribution in [3.05, 3.63) is 21.4 Å². The summed E-state index contributed by atoms with van der Waals surface area (Å²) in [4.78, 5) is 19.5. The Bertz CT molecular complexity index is 612. The molecule has 1 amide bonds. The highest BCUT2D eigenvalue weighted by molar-refractivity contribution is 7.14. The molecule has 1 unspecified atom stereocenters. The van der Waals surface area contributed by atoms with Crippen LogP contribution in [0.3, 0.4) is 0 Å². The highest BCUT2D eigenvalue weighted by atomic mass is 32.1. The Morgan fingerprint density at radius 3 is 2.44 bits per heavy atom. The number of nitrogens with zero attached hydrogens (tertiary/aromatic N) is 3. The predicted molar refractivity (Wildman–Crippen MR) is 102 cm³/mol. The second-order valence-electron chi connectivity index (χ2n) is 7.62.